The molecule has 2 aliphatic rings. The van der Waals surface area contributed by atoms with Crippen molar-refractivity contribution in [3.63, 3.8) is 0 Å². The second-order valence-electron chi connectivity index (χ2n) is 4.82. The summed E-state index contributed by atoms with van der Waals surface area (Å²) < 4.78 is 10.6. The molecule has 1 N–H and O–H groups in total. The maximum absolute atomic E-state index is 12.5. The van der Waals surface area contributed by atoms with E-state index in [0.29, 0.717) is 17.1 Å². The van der Waals surface area contributed by atoms with Gasteiger partial charge in [0.1, 0.15) is 0 Å². The van der Waals surface area contributed by atoms with E-state index < -0.39 is 0 Å². The van der Waals surface area contributed by atoms with Crippen molar-refractivity contribution in [3.8, 4) is 11.5 Å². The summed E-state index contributed by atoms with van der Waals surface area (Å²) in [5.74, 6) is 1.47. The number of rotatable bonds is 1. The molecule has 19 heavy (non-hydrogen) atoms. The van der Waals surface area contributed by atoms with Gasteiger partial charge in [0.2, 0.25) is 6.79 Å². The average molecular weight is 262 g/mol. The molecule has 0 aromatic heterocycles. The summed E-state index contributed by atoms with van der Waals surface area (Å²) in [6, 6.07) is 5.40. The Kier molecular flexibility index (Phi) is 3.55. The van der Waals surface area contributed by atoms with Gasteiger partial charge in [0.15, 0.2) is 11.5 Å². The van der Waals surface area contributed by atoms with Gasteiger partial charge >= 0.3 is 0 Å². The number of hydrogen-bond acceptors (Lipinski definition) is 4. The quantitative estimate of drug-likeness (QED) is 0.827. The van der Waals surface area contributed by atoms with Crippen LogP contribution in [0.1, 0.15) is 23.2 Å². The van der Waals surface area contributed by atoms with Crippen molar-refractivity contribution in [1.29, 1.82) is 0 Å². The minimum Gasteiger partial charge on any atom is -0.454 e. The highest BCUT2D eigenvalue weighted by molar-refractivity contribution is 5.95. The third kappa shape index (κ3) is 2.66. The smallest absolute Gasteiger partial charge is 0.253 e. The highest BCUT2D eigenvalue weighted by Gasteiger charge is 2.20. The zero-order valence-electron chi connectivity index (χ0n) is 10.9. The molecule has 0 atom stereocenters. The van der Waals surface area contributed by atoms with Crippen LogP contribution in [0.2, 0.25) is 0 Å². The van der Waals surface area contributed by atoms with Gasteiger partial charge in [0.05, 0.1) is 0 Å². The van der Waals surface area contributed by atoms with Crippen molar-refractivity contribution in [2.45, 2.75) is 12.8 Å². The molecule has 2 heterocycles. The number of nitrogens with one attached hydrogen (secondary N) is 1. The molecule has 3 rings (SSSR count). The van der Waals surface area contributed by atoms with Crippen molar-refractivity contribution in [2.24, 2.45) is 0 Å². The van der Waals surface area contributed by atoms with E-state index in [1.54, 1.807) is 12.1 Å². The van der Waals surface area contributed by atoms with Crippen LogP contribution >= 0.6 is 0 Å². The third-order valence-electron chi connectivity index (χ3n) is 3.47. The second kappa shape index (κ2) is 5.48. The Labute approximate surface area is 112 Å². The zero-order valence-corrected chi connectivity index (χ0v) is 10.9. The Hall–Kier alpha value is -1.75. The number of amides is 1. The molecule has 5 nitrogen and oxygen atoms in total. The molecule has 0 spiro atoms. The minimum absolute atomic E-state index is 0.0835. The van der Waals surface area contributed by atoms with Crippen LogP contribution in [0, 0.1) is 0 Å². The highest BCUT2D eigenvalue weighted by atomic mass is 16.7. The van der Waals surface area contributed by atoms with E-state index in [-0.39, 0.29) is 12.7 Å². The molecule has 0 aliphatic carbocycles. The SMILES string of the molecule is O=C(c1ccc2c(c1)OCO2)N1CCCNCCC1. The lowest BCUT2D eigenvalue weighted by Crippen LogP contribution is -2.38. The molecule has 1 aromatic carbocycles. The predicted molar refractivity (Wildman–Crippen MR) is 70.6 cm³/mol. The van der Waals surface area contributed by atoms with Gasteiger partial charge in [-0.3, -0.25) is 4.79 Å². The van der Waals surface area contributed by atoms with Crippen LogP contribution in [-0.4, -0.2) is 43.8 Å². The molecule has 1 aromatic rings. The van der Waals surface area contributed by atoms with E-state index in [9.17, 15) is 4.79 Å². The molecule has 0 unspecified atom stereocenters. The molecule has 1 amide bonds. The molecule has 1 saturated heterocycles. The van der Waals surface area contributed by atoms with Crippen LogP contribution in [-0.2, 0) is 0 Å². The van der Waals surface area contributed by atoms with Crippen molar-refractivity contribution in [3.05, 3.63) is 23.8 Å². The summed E-state index contributed by atoms with van der Waals surface area (Å²) in [5, 5.41) is 3.35. The number of carbonyl (C=O) groups is 1. The standard InChI is InChI=1S/C14H18N2O3/c17-14(16-7-1-5-15-6-2-8-16)11-3-4-12-13(9-11)19-10-18-12/h3-4,9,15H,1-2,5-8,10H2. The molecule has 5 heteroatoms. The van der Waals surface area contributed by atoms with Gasteiger partial charge in [0, 0.05) is 18.7 Å². The van der Waals surface area contributed by atoms with Gasteiger partial charge in [-0.05, 0) is 44.1 Å². The predicted octanol–water partition coefficient (Wildman–Crippen LogP) is 1.24. The van der Waals surface area contributed by atoms with E-state index >= 15 is 0 Å². The van der Waals surface area contributed by atoms with Gasteiger partial charge in [-0.25, -0.2) is 0 Å². The summed E-state index contributed by atoms with van der Waals surface area (Å²) in [6.07, 6.45) is 1.99. The number of nitrogens with zero attached hydrogens (tertiary/aromatic N) is 1. The second-order valence-corrected chi connectivity index (χ2v) is 4.82. The summed E-state index contributed by atoms with van der Waals surface area (Å²) in [5.41, 5.74) is 0.679. The summed E-state index contributed by atoms with van der Waals surface area (Å²) in [6.45, 7) is 3.80. The maximum atomic E-state index is 12.5. The maximum Gasteiger partial charge on any atom is 0.253 e. The van der Waals surface area contributed by atoms with Crippen LogP contribution in [0.25, 0.3) is 0 Å². The van der Waals surface area contributed by atoms with Gasteiger partial charge in [-0.1, -0.05) is 0 Å². The summed E-state index contributed by atoms with van der Waals surface area (Å²) >= 11 is 0. The monoisotopic (exact) mass is 262 g/mol. The van der Waals surface area contributed by atoms with Crippen LogP contribution in [0.5, 0.6) is 11.5 Å². The average Bonchev–Trinajstić information content (AvgIpc) is 2.84. The Bertz CT molecular complexity index is 468. The first-order chi connectivity index (χ1) is 9.34. The lowest BCUT2D eigenvalue weighted by atomic mass is 10.1. The topological polar surface area (TPSA) is 50.8 Å². The number of hydrogen-bond donors (Lipinski definition) is 1. The highest BCUT2D eigenvalue weighted by Crippen LogP contribution is 2.32. The Morgan fingerprint density at radius 3 is 2.63 bits per heavy atom. The van der Waals surface area contributed by atoms with Crippen molar-refractivity contribution >= 4 is 5.91 Å². The normalized spacial score (nSPS) is 18.8. The van der Waals surface area contributed by atoms with E-state index in [2.05, 4.69) is 5.32 Å². The molecular weight excluding hydrogens is 244 g/mol. The van der Waals surface area contributed by atoms with Crippen molar-refractivity contribution in [1.82, 2.24) is 10.2 Å². The van der Waals surface area contributed by atoms with E-state index in [0.717, 1.165) is 39.0 Å². The largest absolute Gasteiger partial charge is 0.454 e. The van der Waals surface area contributed by atoms with Crippen molar-refractivity contribution in [2.75, 3.05) is 33.0 Å². The first-order valence-electron chi connectivity index (χ1n) is 6.74. The number of ether oxygens (including phenoxy) is 2. The van der Waals surface area contributed by atoms with Crippen molar-refractivity contribution < 1.29 is 14.3 Å². The first kappa shape index (κ1) is 12.3. The molecule has 102 valence electrons. The first-order valence-corrected chi connectivity index (χ1v) is 6.74. The van der Waals surface area contributed by atoms with Gasteiger partial charge in [-0.2, -0.15) is 0 Å². The lowest BCUT2D eigenvalue weighted by Gasteiger charge is -2.25. The molecule has 0 bridgehead atoms. The Morgan fingerprint density at radius 1 is 1.11 bits per heavy atom. The molecule has 0 saturated carbocycles. The van der Waals surface area contributed by atoms with Gasteiger partial charge < -0.3 is 19.7 Å². The molecule has 0 radical (unpaired) electrons. The van der Waals surface area contributed by atoms with E-state index in [4.69, 9.17) is 9.47 Å². The number of benzene rings is 1. The molecule has 2 aliphatic heterocycles. The number of carbonyl (C=O) groups excluding carboxylic acids is 1. The summed E-state index contributed by atoms with van der Waals surface area (Å²) in [7, 11) is 0. The van der Waals surface area contributed by atoms with E-state index in [1.165, 1.54) is 0 Å². The fraction of sp³-hybridized carbons (Fsp3) is 0.500. The van der Waals surface area contributed by atoms with Crippen LogP contribution in [0.15, 0.2) is 18.2 Å². The Balaban J connectivity index is 1.75. The number of fused-ring (bicyclic) bond motifs is 1. The molecule has 1 fully saturated rings. The fourth-order valence-electron chi connectivity index (χ4n) is 2.44. The zero-order chi connectivity index (χ0) is 13.1. The third-order valence-corrected chi connectivity index (χ3v) is 3.47. The minimum atomic E-state index is 0.0835. The molecular formula is C14H18N2O3. The summed E-state index contributed by atoms with van der Waals surface area (Å²) in [4.78, 5) is 14.4. The Morgan fingerprint density at radius 2 is 1.84 bits per heavy atom. The fourth-order valence-corrected chi connectivity index (χ4v) is 2.44. The van der Waals surface area contributed by atoms with E-state index in [1.807, 2.05) is 11.0 Å². The lowest BCUT2D eigenvalue weighted by molar-refractivity contribution is 0.0745. The van der Waals surface area contributed by atoms with Crippen LogP contribution < -0.4 is 14.8 Å². The van der Waals surface area contributed by atoms with Gasteiger partial charge in [0.25, 0.3) is 5.91 Å². The van der Waals surface area contributed by atoms with Crippen LogP contribution in [0.3, 0.4) is 0 Å². The van der Waals surface area contributed by atoms with Gasteiger partial charge in [-0.15, -0.1) is 0 Å². The van der Waals surface area contributed by atoms with Crippen LogP contribution in [0.4, 0.5) is 0 Å².